The standard InChI is InChI=1S/C15H19NO/c1-11(2)6-8-16-9-7-14-10-13(12(3)17)4-5-15(14)16/h4-5,10H,1,6-9H2,2-3H3. The number of ketones is 1. The summed E-state index contributed by atoms with van der Waals surface area (Å²) in [5.74, 6) is 0.146. The molecule has 2 rings (SSSR count). The lowest BCUT2D eigenvalue weighted by atomic mass is 10.1. The molecule has 90 valence electrons. The predicted octanol–water partition coefficient (Wildman–Crippen LogP) is 3.22. The zero-order valence-electron chi connectivity index (χ0n) is 10.6. The summed E-state index contributed by atoms with van der Waals surface area (Å²) >= 11 is 0. The number of hydrogen-bond donors (Lipinski definition) is 0. The minimum atomic E-state index is 0.146. The second-order valence-corrected chi connectivity index (χ2v) is 4.84. The second-order valence-electron chi connectivity index (χ2n) is 4.84. The van der Waals surface area contributed by atoms with E-state index in [1.807, 2.05) is 12.1 Å². The van der Waals surface area contributed by atoms with Gasteiger partial charge >= 0.3 is 0 Å². The fraction of sp³-hybridized carbons (Fsp3) is 0.400. The van der Waals surface area contributed by atoms with Crippen molar-refractivity contribution in [3.63, 3.8) is 0 Å². The third-order valence-corrected chi connectivity index (χ3v) is 3.29. The van der Waals surface area contributed by atoms with Crippen molar-refractivity contribution in [3.8, 4) is 0 Å². The highest BCUT2D eigenvalue weighted by Gasteiger charge is 2.19. The van der Waals surface area contributed by atoms with Crippen LogP contribution in [0.5, 0.6) is 0 Å². The van der Waals surface area contributed by atoms with E-state index in [1.165, 1.54) is 16.8 Å². The van der Waals surface area contributed by atoms with Crippen LogP contribution in [0.4, 0.5) is 5.69 Å². The molecule has 0 bridgehead atoms. The maximum atomic E-state index is 11.3. The molecule has 0 saturated carbocycles. The molecule has 2 heteroatoms. The number of carbonyl (C=O) groups is 1. The Hall–Kier alpha value is -1.57. The molecule has 0 saturated heterocycles. The lowest BCUT2D eigenvalue weighted by Gasteiger charge is -2.19. The normalized spacial score (nSPS) is 13.6. The quantitative estimate of drug-likeness (QED) is 0.583. The number of anilines is 1. The summed E-state index contributed by atoms with van der Waals surface area (Å²) in [7, 11) is 0. The highest BCUT2D eigenvalue weighted by molar-refractivity contribution is 5.94. The van der Waals surface area contributed by atoms with E-state index >= 15 is 0 Å². The van der Waals surface area contributed by atoms with E-state index in [9.17, 15) is 4.79 Å². The monoisotopic (exact) mass is 229 g/mol. The fourth-order valence-corrected chi connectivity index (χ4v) is 2.25. The van der Waals surface area contributed by atoms with E-state index in [0.717, 1.165) is 31.5 Å². The molecular weight excluding hydrogens is 210 g/mol. The van der Waals surface area contributed by atoms with Gasteiger partial charge in [0.1, 0.15) is 0 Å². The van der Waals surface area contributed by atoms with Gasteiger partial charge in [0, 0.05) is 24.3 Å². The predicted molar refractivity (Wildman–Crippen MR) is 71.8 cm³/mol. The molecule has 17 heavy (non-hydrogen) atoms. The summed E-state index contributed by atoms with van der Waals surface area (Å²) in [5, 5.41) is 0. The number of benzene rings is 1. The molecule has 0 aromatic heterocycles. The van der Waals surface area contributed by atoms with Crippen molar-refractivity contribution in [2.45, 2.75) is 26.7 Å². The van der Waals surface area contributed by atoms with Crippen molar-refractivity contribution in [1.82, 2.24) is 0 Å². The van der Waals surface area contributed by atoms with Gasteiger partial charge in [0.2, 0.25) is 0 Å². The van der Waals surface area contributed by atoms with Gasteiger partial charge in [0.05, 0.1) is 0 Å². The Morgan fingerprint density at radius 2 is 2.18 bits per heavy atom. The van der Waals surface area contributed by atoms with Crippen molar-refractivity contribution >= 4 is 11.5 Å². The van der Waals surface area contributed by atoms with Crippen LogP contribution in [0, 0.1) is 0 Å². The highest BCUT2D eigenvalue weighted by atomic mass is 16.1. The number of hydrogen-bond acceptors (Lipinski definition) is 2. The van der Waals surface area contributed by atoms with Crippen molar-refractivity contribution in [2.75, 3.05) is 18.0 Å². The number of fused-ring (bicyclic) bond motifs is 1. The van der Waals surface area contributed by atoms with Gasteiger partial charge in [-0.15, -0.1) is 6.58 Å². The van der Waals surface area contributed by atoms with Gasteiger partial charge in [-0.3, -0.25) is 4.79 Å². The Kier molecular flexibility index (Phi) is 3.32. The van der Waals surface area contributed by atoms with E-state index in [2.05, 4.69) is 24.5 Å². The Balaban J connectivity index is 2.16. The van der Waals surface area contributed by atoms with E-state index in [0.29, 0.717) is 0 Å². The molecule has 1 aromatic rings. The largest absolute Gasteiger partial charge is 0.371 e. The van der Waals surface area contributed by atoms with Crippen LogP contribution < -0.4 is 4.90 Å². The molecule has 2 nitrogen and oxygen atoms in total. The van der Waals surface area contributed by atoms with Gasteiger partial charge < -0.3 is 4.90 Å². The van der Waals surface area contributed by atoms with Crippen molar-refractivity contribution in [1.29, 1.82) is 0 Å². The molecule has 0 spiro atoms. The Morgan fingerprint density at radius 3 is 2.82 bits per heavy atom. The van der Waals surface area contributed by atoms with Crippen LogP contribution in [0.2, 0.25) is 0 Å². The van der Waals surface area contributed by atoms with Crippen LogP contribution in [0.1, 0.15) is 36.2 Å². The zero-order chi connectivity index (χ0) is 12.4. The van der Waals surface area contributed by atoms with Gasteiger partial charge in [0.25, 0.3) is 0 Å². The summed E-state index contributed by atoms with van der Waals surface area (Å²) in [6.45, 7) is 9.71. The zero-order valence-corrected chi connectivity index (χ0v) is 10.6. The van der Waals surface area contributed by atoms with Crippen molar-refractivity contribution in [3.05, 3.63) is 41.5 Å². The van der Waals surface area contributed by atoms with Crippen molar-refractivity contribution in [2.24, 2.45) is 0 Å². The van der Waals surface area contributed by atoms with Crippen LogP contribution in [-0.4, -0.2) is 18.9 Å². The van der Waals surface area contributed by atoms with Gasteiger partial charge in [-0.1, -0.05) is 5.57 Å². The van der Waals surface area contributed by atoms with Crippen molar-refractivity contribution < 1.29 is 4.79 Å². The molecule has 0 amide bonds. The minimum absolute atomic E-state index is 0.146. The average Bonchev–Trinajstić information content (AvgIpc) is 2.68. The second kappa shape index (κ2) is 4.74. The average molecular weight is 229 g/mol. The summed E-state index contributed by atoms with van der Waals surface area (Å²) in [6.07, 6.45) is 2.08. The van der Waals surface area contributed by atoms with Crippen LogP contribution in [-0.2, 0) is 6.42 Å². The Morgan fingerprint density at radius 1 is 1.41 bits per heavy atom. The van der Waals surface area contributed by atoms with Gasteiger partial charge in [-0.25, -0.2) is 0 Å². The molecule has 0 N–H and O–H groups in total. The summed E-state index contributed by atoms with van der Waals surface area (Å²) in [5.41, 5.74) is 4.64. The Labute approximate surface area is 103 Å². The molecule has 0 radical (unpaired) electrons. The topological polar surface area (TPSA) is 20.3 Å². The first-order valence-electron chi connectivity index (χ1n) is 6.11. The molecule has 0 aliphatic carbocycles. The molecule has 0 fully saturated rings. The maximum Gasteiger partial charge on any atom is 0.159 e. The third kappa shape index (κ3) is 2.57. The molecule has 1 heterocycles. The molecule has 0 unspecified atom stereocenters. The molecule has 1 aliphatic heterocycles. The Bertz CT molecular complexity index is 462. The van der Waals surface area contributed by atoms with E-state index in [4.69, 9.17) is 0 Å². The highest BCUT2D eigenvalue weighted by Crippen LogP contribution is 2.29. The summed E-state index contributed by atoms with van der Waals surface area (Å²) < 4.78 is 0. The van der Waals surface area contributed by atoms with Crippen LogP contribution in [0.15, 0.2) is 30.4 Å². The first-order valence-corrected chi connectivity index (χ1v) is 6.11. The SMILES string of the molecule is C=C(C)CCN1CCc2cc(C(C)=O)ccc21. The molecular formula is C15H19NO. The number of rotatable bonds is 4. The maximum absolute atomic E-state index is 11.3. The van der Waals surface area contributed by atoms with Crippen LogP contribution in [0.3, 0.4) is 0 Å². The molecule has 0 atom stereocenters. The van der Waals surface area contributed by atoms with Gasteiger partial charge in [-0.05, 0) is 50.5 Å². The molecule has 1 aliphatic rings. The summed E-state index contributed by atoms with van der Waals surface area (Å²) in [6, 6.07) is 6.05. The molecule has 1 aromatic carbocycles. The van der Waals surface area contributed by atoms with E-state index in [-0.39, 0.29) is 5.78 Å². The first kappa shape index (κ1) is 11.9. The first-order chi connectivity index (χ1) is 8.08. The third-order valence-electron chi connectivity index (χ3n) is 3.29. The smallest absolute Gasteiger partial charge is 0.159 e. The summed E-state index contributed by atoms with van der Waals surface area (Å²) in [4.78, 5) is 13.7. The van der Waals surface area contributed by atoms with Crippen LogP contribution in [0.25, 0.3) is 0 Å². The van der Waals surface area contributed by atoms with Gasteiger partial charge in [0.15, 0.2) is 5.78 Å². The number of carbonyl (C=O) groups excluding carboxylic acids is 1. The fourth-order valence-electron chi connectivity index (χ4n) is 2.25. The van der Waals surface area contributed by atoms with E-state index in [1.54, 1.807) is 6.92 Å². The number of Topliss-reactive ketones (excluding diaryl/α,β-unsaturated/α-hetero) is 1. The van der Waals surface area contributed by atoms with E-state index < -0.39 is 0 Å². The number of nitrogens with zero attached hydrogens (tertiary/aromatic N) is 1. The van der Waals surface area contributed by atoms with Gasteiger partial charge in [-0.2, -0.15) is 0 Å². The lowest BCUT2D eigenvalue weighted by Crippen LogP contribution is -2.21. The minimum Gasteiger partial charge on any atom is -0.371 e. The lowest BCUT2D eigenvalue weighted by molar-refractivity contribution is 0.101. The van der Waals surface area contributed by atoms with Crippen LogP contribution >= 0.6 is 0 Å².